The Morgan fingerprint density at radius 1 is 1.14 bits per heavy atom. The third kappa shape index (κ3) is 2.61. The van der Waals surface area contributed by atoms with Crippen LogP contribution in [0.15, 0.2) is 29.3 Å². The summed E-state index contributed by atoms with van der Waals surface area (Å²) in [5.74, 6) is 1.01. The molecule has 1 aliphatic carbocycles. The Balaban J connectivity index is 2.07. The topological polar surface area (TPSA) is 21.6 Å². The maximum absolute atomic E-state index is 6.09. The first-order chi connectivity index (χ1) is 10.1. The van der Waals surface area contributed by atoms with Crippen molar-refractivity contribution in [3.05, 3.63) is 35.4 Å². The van der Waals surface area contributed by atoms with E-state index in [0.29, 0.717) is 0 Å². The van der Waals surface area contributed by atoms with Gasteiger partial charge in [-0.2, -0.15) is 0 Å². The normalized spacial score (nSPS) is 22.9. The van der Waals surface area contributed by atoms with Gasteiger partial charge in [-0.3, -0.25) is 0 Å². The molecule has 0 saturated heterocycles. The zero-order chi connectivity index (χ0) is 14.9. The molecule has 2 nitrogen and oxygen atoms in total. The summed E-state index contributed by atoms with van der Waals surface area (Å²) in [5, 5.41) is 0. The Bertz CT molecular complexity index is 538. The van der Waals surface area contributed by atoms with Crippen LogP contribution in [0.5, 0.6) is 0 Å². The van der Waals surface area contributed by atoms with E-state index < -0.39 is 0 Å². The van der Waals surface area contributed by atoms with Crippen LogP contribution in [0.1, 0.15) is 64.0 Å². The van der Waals surface area contributed by atoms with Crippen LogP contribution in [-0.4, -0.2) is 18.0 Å². The minimum absolute atomic E-state index is 0.0412. The van der Waals surface area contributed by atoms with Gasteiger partial charge in [0.2, 0.25) is 0 Å². The van der Waals surface area contributed by atoms with E-state index in [4.69, 9.17) is 9.73 Å². The molecule has 114 valence electrons. The molecule has 0 aromatic heterocycles. The summed E-state index contributed by atoms with van der Waals surface area (Å²) in [6, 6.07) is 8.95. The van der Waals surface area contributed by atoms with Gasteiger partial charge in [0, 0.05) is 0 Å². The number of aryl methyl sites for hydroxylation is 1. The summed E-state index contributed by atoms with van der Waals surface area (Å²) in [4.78, 5) is 4.95. The standard InChI is InChI=1S/C19H27NO/c1-4-9-15-10-5-6-11-16(15)19(12-7-8-13-19)17-20-18(2,3)14-21-17/h5-6,10-11H,4,7-9,12-14H2,1-3H3. The predicted molar refractivity (Wildman–Crippen MR) is 88.0 cm³/mol. The highest BCUT2D eigenvalue weighted by atomic mass is 16.5. The SMILES string of the molecule is CCCc1ccccc1C1(C2=NC(C)(C)CO2)CCCC1. The van der Waals surface area contributed by atoms with Gasteiger partial charge in [0.05, 0.1) is 11.0 Å². The van der Waals surface area contributed by atoms with Crippen LogP contribution in [0.3, 0.4) is 0 Å². The van der Waals surface area contributed by atoms with Gasteiger partial charge in [0.15, 0.2) is 5.90 Å². The Kier molecular flexibility index (Phi) is 3.81. The van der Waals surface area contributed by atoms with Gasteiger partial charge >= 0.3 is 0 Å². The average molecular weight is 285 g/mol. The molecule has 2 aliphatic rings. The van der Waals surface area contributed by atoms with E-state index in [1.165, 1.54) is 43.2 Å². The van der Waals surface area contributed by atoms with E-state index >= 15 is 0 Å². The highest BCUT2D eigenvalue weighted by Gasteiger charge is 2.46. The van der Waals surface area contributed by atoms with Crippen molar-refractivity contribution in [1.29, 1.82) is 0 Å². The molecule has 2 heteroatoms. The molecule has 1 fully saturated rings. The molecule has 0 radical (unpaired) electrons. The quantitative estimate of drug-likeness (QED) is 0.788. The monoisotopic (exact) mass is 285 g/mol. The van der Waals surface area contributed by atoms with Crippen molar-refractivity contribution >= 4 is 5.90 Å². The Morgan fingerprint density at radius 2 is 1.86 bits per heavy atom. The van der Waals surface area contributed by atoms with E-state index in [2.05, 4.69) is 45.0 Å². The molecule has 1 aliphatic heterocycles. The molecule has 0 unspecified atom stereocenters. The second-order valence-corrected chi connectivity index (χ2v) is 7.21. The summed E-state index contributed by atoms with van der Waals surface area (Å²) in [6.45, 7) is 7.31. The molecular formula is C19H27NO. The van der Waals surface area contributed by atoms with Crippen molar-refractivity contribution in [2.45, 2.75) is 70.3 Å². The molecule has 21 heavy (non-hydrogen) atoms. The Hall–Kier alpha value is -1.31. The van der Waals surface area contributed by atoms with Gasteiger partial charge in [-0.1, -0.05) is 50.5 Å². The number of hydrogen-bond donors (Lipinski definition) is 0. The van der Waals surface area contributed by atoms with Gasteiger partial charge in [0.25, 0.3) is 0 Å². The fraction of sp³-hybridized carbons (Fsp3) is 0.632. The summed E-state index contributed by atoms with van der Waals surface area (Å²) >= 11 is 0. The van der Waals surface area contributed by atoms with E-state index in [1.54, 1.807) is 0 Å². The molecule has 0 N–H and O–H groups in total. The molecule has 0 bridgehead atoms. The van der Waals surface area contributed by atoms with Crippen LogP contribution in [0.2, 0.25) is 0 Å². The fourth-order valence-electron chi connectivity index (χ4n) is 3.88. The third-order valence-electron chi connectivity index (χ3n) is 4.89. The van der Waals surface area contributed by atoms with Crippen molar-refractivity contribution in [2.75, 3.05) is 6.61 Å². The van der Waals surface area contributed by atoms with Crippen LogP contribution in [0.4, 0.5) is 0 Å². The van der Waals surface area contributed by atoms with E-state index in [-0.39, 0.29) is 11.0 Å². The zero-order valence-corrected chi connectivity index (χ0v) is 13.6. The van der Waals surface area contributed by atoms with Crippen LogP contribution >= 0.6 is 0 Å². The molecule has 0 spiro atoms. The largest absolute Gasteiger partial charge is 0.478 e. The molecule has 1 heterocycles. The van der Waals surface area contributed by atoms with Crippen molar-refractivity contribution in [3.8, 4) is 0 Å². The fourth-order valence-corrected chi connectivity index (χ4v) is 3.88. The minimum Gasteiger partial charge on any atom is -0.478 e. The van der Waals surface area contributed by atoms with Crippen molar-refractivity contribution in [2.24, 2.45) is 4.99 Å². The van der Waals surface area contributed by atoms with Crippen molar-refractivity contribution < 1.29 is 4.74 Å². The molecular weight excluding hydrogens is 258 g/mol. The molecule has 1 saturated carbocycles. The number of benzene rings is 1. The maximum Gasteiger partial charge on any atom is 0.194 e. The van der Waals surface area contributed by atoms with Gasteiger partial charge in [-0.25, -0.2) is 4.99 Å². The third-order valence-corrected chi connectivity index (χ3v) is 4.89. The van der Waals surface area contributed by atoms with Crippen LogP contribution in [0.25, 0.3) is 0 Å². The summed E-state index contributed by atoms with van der Waals surface area (Å²) < 4.78 is 6.09. The first-order valence-electron chi connectivity index (χ1n) is 8.39. The van der Waals surface area contributed by atoms with E-state index in [0.717, 1.165) is 18.9 Å². The average Bonchev–Trinajstić information content (AvgIpc) is 3.07. The Labute approximate surface area is 128 Å². The van der Waals surface area contributed by atoms with Gasteiger partial charge in [-0.15, -0.1) is 0 Å². The van der Waals surface area contributed by atoms with Crippen LogP contribution in [-0.2, 0) is 16.6 Å². The van der Waals surface area contributed by atoms with Gasteiger partial charge in [0.1, 0.15) is 6.61 Å². The lowest BCUT2D eigenvalue weighted by atomic mass is 9.75. The lowest BCUT2D eigenvalue weighted by Crippen LogP contribution is -2.34. The lowest BCUT2D eigenvalue weighted by molar-refractivity contribution is 0.258. The second-order valence-electron chi connectivity index (χ2n) is 7.21. The smallest absolute Gasteiger partial charge is 0.194 e. The minimum atomic E-state index is -0.0649. The number of nitrogens with zero attached hydrogens (tertiary/aromatic N) is 1. The zero-order valence-electron chi connectivity index (χ0n) is 13.6. The number of rotatable bonds is 4. The molecule has 0 amide bonds. The summed E-state index contributed by atoms with van der Waals surface area (Å²) in [6.07, 6.45) is 7.26. The highest BCUT2D eigenvalue weighted by Crippen LogP contribution is 2.46. The second kappa shape index (κ2) is 5.47. The number of aliphatic imine (C=N–C) groups is 1. The number of hydrogen-bond acceptors (Lipinski definition) is 2. The van der Waals surface area contributed by atoms with Gasteiger partial charge in [-0.05, 0) is 44.2 Å². The maximum atomic E-state index is 6.09. The molecule has 0 atom stereocenters. The predicted octanol–water partition coefficient (Wildman–Crippen LogP) is 4.66. The van der Waals surface area contributed by atoms with Crippen molar-refractivity contribution in [1.82, 2.24) is 0 Å². The van der Waals surface area contributed by atoms with Crippen molar-refractivity contribution in [3.63, 3.8) is 0 Å². The van der Waals surface area contributed by atoms with Crippen LogP contribution in [0, 0.1) is 0 Å². The van der Waals surface area contributed by atoms with Gasteiger partial charge < -0.3 is 4.74 Å². The Morgan fingerprint density at radius 3 is 2.48 bits per heavy atom. The first-order valence-corrected chi connectivity index (χ1v) is 8.39. The van der Waals surface area contributed by atoms with E-state index in [1.807, 2.05) is 0 Å². The van der Waals surface area contributed by atoms with Crippen LogP contribution < -0.4 is 0 Å². The lowest BCUT2D eigenvalue weighted by Gasteiger charge is -2.31. The molecule has 1 aromatic carbocycles. The molecule has 3 rings (SSSR count). The summed E-state index contributed by atoms with van der Waals surface area (Å²) in [7, 11) is 0. The highest BCUT2D eigenvalue weighted by molar-refractivity contribution is 5.90. The first kappa shape index (κ1) is 14.6. The molecule has 1 aromatic rings. The van der Waals surface area contributed by atoms with E-state index in [9.17, 15) is 0 Å². The summed E-state index contributed by atoms with van der Waals surface area (Å²) in [5.41, 5.74) is 2.93. The number of ether oxygens (including phenoxy) is 1.